The Hall–Kier alpha value is -1.84. The fourth-order valence-corrected chi connectivity index (χ4v) is 3.16. The predicted octanol–water partition coefficient (Wildman–Crippen LogP) is 2.90. The van der Waals surface area contributed by atoms with E-state index in [-0.39, 0.29) is 23.8 Å². The number of nitrogens with one attached hydrogen (secondary N) is 2. The van der Waals surface area contributed by atoms with E-state index in [0.29, 0.717) is 0 Å². The molecule has 0 spiro atoms. The normalized spacial score (nSPS) is 16.4. The van der Waals surface area contributed by atoms with Crippen LogP contribution in [0, 0.1) is 5.92 Å². The Balaban J connectivity index is 2.06. The van der Waals surface area contributed by atoms with Crippen LogP contribution >= 0.6 is 0 Å². The summed E-state index contributed by atoms with van der Waals surface area (Å²) in [5.74, 6) is -0.254. The molecule has 1 aromatic carbocycles. The van der Waals surface area contributed by atoms with E-state index in [9.17, 15) is 9.59 Å². The molecule has 0 radical (unpaired) electrons. The van der Waals surface area contributed by atoms with Crippen LogP contribution in [-0.2, 0) is 22.4 Å². The molecule has 0 unspecified atom stereocenters. The van der Waals surface area contributed by atoms with Crippen molar-refractivity contribution in [3.8, 4) is 0 Å². The first-order valence-electron chi connectivity index (χ1n) is 8.57. The number of fused-ring (bicyclic) bond motifs is 1. The maximum atomic E-state index is 12.5. The van der Waals surface area contributed by atoms with Gasteiger partial charge in [-0.2, -0.15) is 0 Å². The van der Waals surface area contributed by atoms with Gasteiger partial charge in [0.1, 0.15) is 6.04 Å². The van der Waals surface area contributed by atoms with Crippen molar-refractivity contribution in [2.24, 2.45) is 5.92 Å². The largest absolute Gasteiger partial charge is 0.348 e. The Labute approximate surface area is 139 Å². The van der Waals surface area contributed by atoms with Gasteiger partial charge in [-0.1, -0.05) is 32.0 Å². The molecule has 0 bridgehead atoms. The van der Waals surface area contributed by atoms with E-state index in [2.05, 4.69) is 28.8 Å². The van der Waals surface area contributed by atoms with Crippen LogP contribution < -0.4 is 10.6 Å². The van der Waals surface area contributed by atoms with Gasteiger partial charge in [0.2, 0.25) is 11.8 Å². The molecule has 2 rings (SSSR count). The molecule has 4 heteroatoms. The average molecular weight is 316 g/mol. The molecule has 0 aromatic heterocycles. The second-order valence-electron chi connectivity index (χ2n) is 6.89. The number of carbonyl (C=O) groups is 2. The lowest BCUT2D eigenvalue weighted by molar-refractivity contribution is -0.129. The lowest BCUT2D eigenvalue weighted by Crippen LogP contribution is -2.49. The Kier molecular flexibility index (Phi) is 5.80. The maximum Gasteiger partial charge on any atom is 0.243 e. The molecule has 0 saturated heterocycles. The highest BCUT2D eigenvalue weighted by Gasteiger charge is 2.24. The highest BCUT2D eigenvalue weighted by Crippen LogP contribution is 2.24. The third-order valence-electron chi connectivity index (χ3n) is 4.54. The molecule has 4 nitrogen and oxygen atoms in total. The summed E-state index contributed by atoms with van der Waals surface area (Å²) >= 11 is 0. The summed E-state index contributed by atoms with van der Waals surface area (Å²) in [7, 11) is 0. The van der Waals surface area contributed by atoms with E-state index in [1.54, 1.807) is 0 Å². The number of hydrogen-bond acceptors (Lipinski definition) is 2. The van der Waals surface area contributed by atoms with Gasteiger partial charge >= 0.3 is 0 Å². The Morgan fingerprint density at radius 1 is 1.00 bits per heavy atom. The highest BCUT2D eigenvalue weighted by atomic mass is 16.2. The summed E-state index contributed by atoms with van der Waals surface area (Å²) in [5, 5.41) is 5.77. The molecule has 126 valence electrons. The Morgan fingerprint density at radius 3 is 2.26 bits per heavy atom. The van der Waals surface area contributed by atoms with Crippen LogP contribution in [-0.4, -0.2) is 17.9 Å². The summed E-state index contributed by atoms with van der Waals surface area (Å²) < 4.78 is 0. The Bertz CT molecular complexity index is 581. The van der Waals surface area contributed by atoms with Gasteiger partial charge in [-0.15, -0.1) is 0 Å². The van der Waals surface area contributed by atoms with Crippen molar-refractivity contribution < 1.29 is 9.59 Å². The second kappa shape index (κ2) is 7.62. The number of amides is 2. The van der Waals surface area contributed by atoms with Crippen LogP contribution in [0.2, 0.25) is 0 Å². The van der Waals surface area contributed by atoms with Gasteiger partial charge in [0, 0.05) is 6.92 Å². The maximum absolute atomic E-state index is 12.5. The van der Waals surface area contributed by atoms with E-state index in [1.165, 1.54) is 30.9 Å². The quantitative estimate of drug-likeness (QED) is 0.877. The van der Waals surface area contributed by atoms with Crippen molar-refractivity contribution in [1.29, 1.82) is 0 Å². The summed E-state index contributed by atoms with van der Waals surface area (Å²) in [6, 6.07) is 5.97. The third kappa shape index (κ3) is 4.57. The van der Waals surface area contributed by atoms with E-state index >= 15 is 0 Å². The van der Waals surface area contributed by atoms with Crippen molar-refractivity contribution >= 4 is 11.8 Å². The zero-order valence-electron chi connectivity index (χ0n) is 14.6. The van der Waals surface area contributed by atoms with Crippen LogP contribution in [0.5, 0.6) is 0 Å². The predicted molar refractivity (Wildman–Crippen MR) is 92.1 cm³/mol. The van der Waals surface area contributed by atoms with Crippen LogP contribution in [0.25, 0.3) is 0 Å². The summed E-state index contributed by atoms with van der Waals surface area (Å²) in [4.78, 5) is 23.8. The first-order valence-corrected chi connectivity index (χ1v) is 8.57. The van der Waals surface area contributed by atoms with Gasteiger partial charge in [0.25, 0.3) is 0 Å². The van der Waals surface area contributed by atoms with Crippen molar-refractivity contribution in [2.75, 3.05) is 0 Å². The zero-order valence-corrected chi connectivity index (χ0v) is 14.6. The lowest BCUT2D eigenvalue weighted by atomic mass is 9.89. The van der Waals surface area contributed by atoms with Gasteiger partial charge in [-0.25, -0.2) is 0 Å². The van der Waals surface area contributed by atoms with E-state index in [4.69, 9.17) is 0 Å². The number of rotatable bonds is 5. The minimum atomic E-state index is -0.493. The molecule has 1 aromatic rings. The van der Waals surface area contributed by atoms with Crippen molar-refractivity contribution in [3.63, 3.8) is 0 Å². The number of aryl methyl sites for hydroxylation is 2. The Morgan fingerprint density at radius 2 is 1.65 bits per heavy atom. The van der Waals surface area contributed by atoms with Gasteiger partial charge in [0.15, 0.2) is 0 Å². The molecule has 2 atom stereocenters. The standard InChI is InChI=1S/C19H28N2O2/c1-12(2)18(21-14(4)22)19(23)20-13(3)16-10-9-15-7-5-6-8-17(15)11-16/h9-13,18H,5-8H2,1-4H3,(H,20,23)(H,21,22)/t13-,18-/m0/s1. The van der Waals surface area contributed by atoms with E-state index in [0.717, 1.165) is 18.4 Å². The number of benzene rings is 1. The minimum absolute atomic E-state index is 0.0506. The van der Waals surface area contributed by atoms with Crippen molar-refractivity contribution in [1.82, 2.24) is 10.6 Å². The molecule has 1 aliphatic rings. The number of hydrogen-bond donors (Lipinski definition) is 2. The first-order chi connectivity index (χ1) is 10.9. The van der Waals surface area contributed by atoms with Crippen molar-refractivity contribution in [3.05, 3.63) is 34.9 Å². The van der Waals surface area contributed by atoms with Crippen LogP contribution in [0.15, 0.2) is 18.2 Å². The smallest absolute Gasteiger partial charge is 0.243 e. The first kappa shape index (κ1) is 17.5. The topological polar surface area (TPSA) is 58.2 Å². The molecular weight excluding hydrogens is 288 g/mol. The minimum Gasteiger partial charge on any atom is -0.348 e. The van der Waals surface area contributed by atoms with Crippen LogP contribution in [0.4, 0.5) is 0 Å². The molecule has 2 N–H and O–H groups in total. The number of carbonyl (C=O) groups excluding carboxylic acids is 2. The summed E-state index contributed by atoms with van der Waals surface area (Å²) in [6.07, 6.45) is 4.80. The van der Waals surface area contributed by atoms with Crippen LogP contribution in [0.3, 0.4) is 0 Å². The molecule has 0 aliphatic heterocycles. The molecule has 0 saturated carbocycles. The van der Waals surface area contributed by atoms with Crippen LogP contribution in [0.1, 0.15) is 63.3 Å². The zero-order chi connectivity index (χ0) is 17.0. The fraction of sp³-hybridized carbons (Fsp3) is 0.579. The molecule has 0 fully saturated rings. The van der Waals surface area contributed by atoms with Gasteiger partial charge < -0.3 is 10.6 Å². The molecule has 2 amide bonds. The molecule has 1 aliphatic carbocycles. The monoisotopic (exact) mass is 316 g/mol. The molecule has 23 heavy (non-hydrogen) atoms. The van der Waals surface area contributed by atoms with Gasteiger partial charge in [-0.3, -0.25) is 9.59 Å². The lowest BCUT2D eigenvalue weighted by Gasteiger charge is -2.24. The van der Waals surface area contributed by atoms with Gasteiger partial charge in [0.05, 0.1) is 6.04 Å². The van der Waals surface area contributed by atoms with E-state index < -0.39 is 6.04 Å². The summed E-state index contributed by atoms with van der Waals surface area (Å²) in [6.45, 7) is 7.30. The SMILES string of the molecule is CC(=O)N[C@H](C(=O)N[C@@H](C)c1ccc2c(c1)CCCC2)C(C)C. The highest BCUT2D eigenvalue weighted by molar-refractivity contribution is 5.87. The van der Waals surface area contributed by atoms with Crippen molar-refractivity contribution in [2.45, 2.75) is 65.5 Å². The summed E-state index contributed by atoms with van der Waals surface area (Å²) in [5.41, 5.74) is 3.98. The second-order valence-corrected chi connectivity index (χ2v) is 6.89. The molecule has 0 heterocycles. The molecular formula is C19H28N2O2. The van der Waals surface area contributed by atoms with Gasteiger partial charge in [-0.05, 0) is 55.2 Å². The average Bonchev–Trinajstić information content (AvgIpc) is 2.51. The third-order valence-corrected chi connectivity index (χ3v) is 4.54. The van der Waals surface area contributed by atoms with E-state index in [1.807, 2.05) is 20.8 Å². The fourth-order valence-electron chi connectivity index (χ4n) is 3.16.